The van der Waals surface area contributed by atoms with Crippen LogP contribution in [0.25, 0.3) is 11.1 Å². The summed E-state index contributed by atoms with van der Waals surface area (Å²) < 4.78 is 5.95. The van der Waals surface area contributed by atoms with Crippen molar-refractivity contribution < 1.29 is 0 Å². The predicted molar refractivity (Wildman–Crippen MR) is 121 cm³/mol. The monoisotopic (exact) mass is 488 g/mol. The summed E-state index contributed by atoms with van der Waals surface area (Å²) >= 11 is 0.712. The molecule has 2 aliphatic heterocycles. The molecule has 2 heterocycles. The van der Waals surface area contributed by atoms with Crippen LogP contribution in [0.4, 0.5) is 0 Å². The minimum absolute atomic E-state index is 0.356. The van der Waals surface area contributed by atoms with Gasteiger partial charge in [-0.15, -0.1) is 0 Å². The molecule has 0 saturated carbocycles. The summed E-state index contributed by atoms with van der Waals surface area (Å²) in [4.78, 5) is 0. The third kappa shape index (κ3) is 2.50. The Labute approximate surface area is 177 Å². The Balaban J connectivity index is 1.80. The van der Waals surface area contributed by atoms with Gasteiger partial charge in [-0.05, 0) is 0 Å². The van der Waals surface area contributed by atoms with Gasteiger partial charge in [-0.25, -0.2) is 0 Å². The van der Waals surface area contributed by atoms with Crippen molar-refractivity contribution in [1.29, 1.82) is 0 Å². The summed E-state index contributed by atoms with van der Waals surface area (Å²) in [5.74, 6) is 0. The molecule has 0 spiro atoms. The van der Waals surface area contributed by atoms with E-state index in [1.807, 2.05) is 0 Å². The molecule has 0 nitrogen and oxygen atoms in total. The van der Waals surface area contributed by atoms with Crippen LogP contribution in [0.1, 0.15) is 22.3 Å². The summed E-state index contributed by atoms with van der Waals surface area (Å²) in [7, 11) is 0. The zero-order chi connectivity index (χ0) is 18.5. The zero-order valence-corrected chi connectivity index (χ0v) is 18.5. The van der Waals surface area contributed by atoms with Crippen molar-refractivity contribution >= 4 is 58.9 Å². The first kappa shape index (κ1) is 16.6. The Morgan fingerprint density at radius 1 is 0.321 bits per heavy atom. The topological polar surface area (TPSA) is 0 Å². The molecule has 2 aliphatic rings. The normalized spacial score (nSPS) is 14.0. The molecule has 0 bridgehead atoms. The van der Waals surface area contributed by atoms with Crippen LogP contribution in [-0.4, -0.2) is 29.9 Å². The van der Waals surface area contributed by atoms with Gasteiger partial charge in [0.15, 0.2) is 0 Å². The summed E-state index contributed by atoms with van der Waals surface area (Å²) in [6.07, 6.45) is 0. The Bertz CT molecular complexity index is 1070. The van der Waals surface area contributed by atoms with E-state index in [2.05, 4.69) is 97.1 Å². The van der Waals surface area contributed by atoms with Crippen LogP contribution in [0, 0.1) is 0 Å². The van der Waals surface area contributed by atoms with Crippen LogP contribution >= 0.6 is 0 Å². The Morgan fingerprint density at radius 2 is 0.571 bits per heavy atom. The molecule has 0 radical (unpaired) electrons. The van der Waals surface area contributed by atoms with Crippen molar-refractivity contribution in [3.63, 3.8) is 0 Å². The fraction of sp³-hybridized carbons (Fsp3) is 0. The van der Waals surface area contributed by atoms with Crippen LogP contribution in [0.2, 0.25) is 0 Å². The first-order valence-electron chi connectivity index (χ1n) is 9.38. The predicted octanol–water partition coefficient (Wildman–Crippen LogP) is 2.63. The molecule has 0 atom stereocenters. The molecule has 2 heteroatoms. The zero-order valence-electron chi connectivity index (χ0n) is 15.1. The van der Waals surface area contributed by atoms with E-state index in [1.165, 1.54) is 51.2 Å². The minimum atomic E-state index is 0.356. The van der Waals surface area contributed by atoms with Gasteiger partial charge in [0.25, 0.3) is 0 Å². The van der Waals surface area contributed by atoms with Crippen LogP contribution in [-0.2, 0) is 0 Å². The second kappa shape index (κ2) is 6.62. The number of rotatable bonds is 0. The number of fused-ring (bicyclic) bond motifs is 4. The molecule has 6 rings (SSSR count). The van der Waals surface area contributed by atoms with Crippen LogP contribution in [0.3, 0.4) is 0 Å². The van der Waals surface area contributed by atoms with Crippen molar-refractivity contribution in [3.05, 3.63) is 119 Å². The van der Waals surface area contributed by atoms with Crippen molar-refractivity contribution in [3.8, 4) is 0 Å². The first-order chi connectivity index (χ1) is 13.9. The average molecular weight is 486 g/mol. The quantitative estimate of drug-likeness (QED) is 0.290. The summed E-state index contributed by atoms with van der Waals surface area (Å²) in [5.41, 5.74) is 8.47. The van der Waals surface area contributed by atoms with Gasteiger partial charge < -0.3 is 0 Å². The molecule has 0 amide bonds. The van der Waals surface area contributed by atoms with Gasteiger partial charge in [-0.1, -0.05) is 0 Å². The van der Waals surface area contributed by atoms with E-state index in [4.69, 9.17) is 0 Å². The van der Waals surface area contributed by atoms with Gasteiger partial charge in [0, 0.05) is 0 Å². The van der Waals surface area contributed by atoms with Crippen LogP contribution in [0.5, 0.6) is 0 Å². The van der Waals surface area contributed by atoms with E-state index in [9.17, 15) is 0 Å². The molecule has 0 aliphatic carbocycles. The Kier molecular flexibility index (Phi) is 3.92. The molecule has 28 heavy (non-hydrogen) atoms. The second-order valence-electron chi connectivity index (χ2n) is 6.94. The summed E-state index contributed by atoms with van der Waals surface area (Å²) in [6.45, 7) is 0. The van der Waals surface area contributed by atoms with E-state index in [0.717, 1.165) is 0 Å². The molecule has 0 fully saturated rings. The molecule has 0 unspecified atom stereocenters. The van der Waals surface area contributed by atoms with Crippen molar-refractivity contribution in [1.82, 2.24) is 0 Å². The SMILES string of the molecule is c1ccc2c(c1)[Se]c1ccccc1C2=C1c2ccccc2[Se]c2ccccc21. The van der Waals surface area contributed by atoms with E-state index < -0.39 is 0 Å². The fourth-order valence-corrected chi connectivity index (χ4v) is 8.69. The van der Waals surface area contributed by atoms with Crippen LogP contribution in [0.15, 0.2) is 97.1 Å². The first-order valence-corrected chi connectivity index (χ1v) is 12.8. The summed E-state index contributed by atoms with van der Waals surface area (Å²) in [6, 6.07) is 36.0. The maximum atomic E-state index is 2.32. The number of hydrogen-bond donors (Lipinski definition) is 0. The third-order valence-corrected chi connectivity index (χ3v) is 10.1. The molecule has 4 aromatic carbocycles. The second-order valence-corrected chi connectivity index (χ2v) is 11.5. The van der Waals surface area contributed by atoms with Gasteiger partial charge >= 0.3 is 178 Å². The van der Waals surface area contributed by atoms with E-state index in [-0.39, 0.29) is 0 Å². The van der Waals surface area contributed by atoms with E-state index in [0.29, 0.717) is 29.9 Å². The van der Waals surface area contributed by atoms with Gasteiger partial charge in [0.1, 0.15) is 0 Å². The Hall–Kier alpha value is -2.34. The molecule has 4 aromatic rings. The molecular weight excluding hydrogens is 470 g/mol. The molecule has 0 saturated heterocycles. The van der Waals surface area contributed by atoms with Crippen molar-refractivity contribution in [2.75, 3.05) is 0 Å². The molecule has 132 valence electrons. The Morgan fingerprint density at radius 3 is 0.857 bits per heavy atom. The van der Waals surface area contributed by atoms with Crippen molar-refractivity contribution in [2.45, 2.75) is 0 Å². The average Bonchev–Trinajstić information content (AvgIpc) is 2.76. The van der Waals surface area contributed by atoms with Crippen LogP contribution < -0.4 is 17.8 Å². The molecule has 0 N–H and O–H groups in total. The third-order valence-electron chi connectivity index (χ3n) is 5.32. The van der Waals surface area contributed by atoms with Gasteiger partial charge in [-0.2, -0.15) is 0 Å². The summed E-state index contributed by atoms with van der Waals surface area (Å²) in [5, 5.41) is 0. The van der Waals surface area contributed by atoms with Crippen molar-refractivity contribution in [2.24, 2.45) is 0 Å². The van der Waals surface area contributed by atoms with E-state index in [1.54, 1.807) is 0 Å². The number of hydrogen-bond acceptors (Lipinski definition) is 0. The van der Waals surface area contributed by atoms with Gasteiger partial charge in [0.05, 0.1) is 0 Å². The number of benzene rings is 4. The van der Waals surface area contributed by atoms with E-state index >= 15 is 0 Å². The fourth-order valence-electron chi connectivity index (χ4n) is 4.11. The van der Waals surface area contributed by atoms with Gasteiger partial charge in [0.2, 0.25) is 0 Å². The molecular formula is C26H16Se2. The standard InChI is InChI=1S/C26H16Se2/c1-5-13-21-17(9-1)25(18-10-2-6-14-22(18)27-21)26-19-11-3-7-15-23(19)28-24-16-8-4-12-20(24)26/h1-16H. The maximum absolute atomic E-state index is 2.32. The van der Waals surface area contributed by atoms with Gasteiger partial charge in [-0.3, -0.25) is 0 Å². The molecule has 0 aromatic heterocycles.